The van der Waals surface area contributed by atoms with E-state index in [-0.39, 0.29) is 18.3 Å². The fraction of sp³-hybridized carbons (Fsp3) is 0.556. The normalized spacial score (nSPS) is 15.2. The molecule has 23 heavy (non-hydrogen) atoms. The zero-order valence-corrected chi connectivity index (χ0v) is 13.6. The molecular weight excluding hydrogens is 297 g/mol. The second-order valence-electron chi connectivity index (χ2n) is 6.23. The van der Waals surface area contributed by atoms with Gasteiger partial charge in [0.25, 0.3) is 5.91 Å². The van der Waals surface area contributed by atoms with Crippen molar-refractivity contribution in [3.63, 3.8) is 0 Å². The molecule has 0 heterocycles. The van der Waals surface area contributed by atoms with Crippen molar-refractivity contribution >= 4 is 17.6 Å². The van der Waals surface area contributed by atoms with Gasteiger partial charge in [-0.1, -0.05) is 38.2 Å². The van der Waals surface area contributed by atoms with Gasteiger partial charge < -0.3 is 10.1 Å². The van der Waals surface area contributed by atoms with Crippen LogP contribution in [0.5, 0.6) is 0 Å². The van der Waals surface area contributed by atoms with Gasteiger partial charge in [-0.3, -0.25) is 9.59 Å². The predicted molar refractivity (Wildman–Crippen MR) is 86.5 cm³/mol. The minimum Gasteiger partial charge on any atom is -0.456 e. The highest BCUT2D eigenvalue weighted by Crippen LogP contribution is 2.27. The maximum Gasteiger partial charge on any atom is 0.306 e. The Hall–Kier alpha value is -1.91. The Morgan fingerprint density at radius 1 is 1.26 bits per heavy atom. The van der Waals surface area contributed by atoms with Crippen LogP contribution in [0.15, 0.2) is 18.2 Å². The van der Waals surface area contributed by atoms with Crippen LogP contribution in [0.1, 0.15) is 50.5 Å². The second-order valence-corrected chi connectivity index (χ2v) is 6.23. The molecule has 2 rings (SSSR count). The van der Waals surface area contributed by atoms with Gasteiger partial charge in [-0.05, 0) is 37.0 Å². The lowest BCUT2D eigenvalue weighted by molar-refractivity contribution is -0.147. The average Bonchev–Trinajstić information content (AvgIpc) is 2.54. The molecular formula is C18H24FNO3. The van der Waals surface area contributed by atoms with E-state index >= 15 is 0 Å². The van der Waals surface area contributed by atoms with Gasteiger partial charge in [0, 0.05) is 6.42 Å². The van der Waals surface area contributed by atoms with Crippen molar-refractivity contribution in [2.24, 2.45) is 5.92 Å². The summed E-state index contributed by atoms with van der Waals surface area (Å²) in [4.78, 5) is 23.4. The van der Waals surface area contributed by atoms with Crippen molar-refractivity contribution < 1.29 is 18.7 Å². The van der Waals surface area contributed by atoms with E-state index in [4.69, 9.17) is 4.74 Å². The standard InChI is InChI=1S/C18H24FNO3/c1-13-7-9-16(15(19)11-13)20-17(21)12-23-18(22)10-8-14-5-3-2-4-6-14/h7,9,11,14H,2-6,8,10,12H2,1H3,(H,20,21). The first-order valence-electron chi connectivity index (χ1n) is 8.26. The van der Waals surface area contributed by atoms with Crippen molar-refractivity contribution in [3.8, 4) is 0 Å². The van der Waals surface area contributed by atoms with Crippen molar-refractivity contribution in [2.75, 3.05) is 11.9 Å². The summed E-state index contributed by atoms with van der Waals surface area (Å²) in [6, 6.07) is 4.54. The van der Waals surface area contributed by atoms with Crippen LogP contribution in [0.25, 0.3) is 0 Å². The number of halogens is 1. The number of hydrogen-bond acceptors (Lipinski definition) is 3. The molecule has 1 aliphatic rings. The lowest BCUT2D eigenvalue weighted by atomic mass is 9.86. The number of hydrogen-bond donors (Lipinski definition) is 1. The van der Waals surface area contributed by atoms with Crippen LogP contribution < -0.4 is 5.32 Å². The van der Waals surface area contributed by atoms with E-state index in [0.29, 0.717) is 12.3 Å². The van der Waals surface area contributed by atoms with Crippen molar-refractivity contribution in [2.45, 2.75) is 51.9 Å². The number of ether oxygens (including phenoxy) is 1. The lowest BCUT2D eigenvalue weighted by Gasteiger charge is -2.20. The lowest BCUT2D eigenvalue weighted by Crippen LogP contribution is -2.21. The quantitative estimate of drug-likeness (QED) is 0.806. The van der Waals surface area contributed by atoms with Crippen LogP contribution in [0.2, 0.25) is 0 Å². The molecule has 0 saturated heterocycles. The van der Waals surface area contributed by atoms with Gasteiger partial charge >= 0.3 is 5.97 Å². The minimum atomic E-state index is -0.529. The predicted octanol–water partition coefficient (Wildman–Crippen LogP) is 3.98. The number of amides is 1. The summed E-state index contributed by atoms with van der Waals surface area (Å²) >= 11 is 0. The highest BCUT2D eigenvalue weighted by Gasteiger charge is 2.16. The molecule has 1 fully saturated rings. The Balaban J connectivity index is 1.68. The number of esters is 1. The Labute approximate surface area is 136 Å². The van der Waals surface area contributed by atoms with E-state index in [1.54, 1.807) is 13.0 Å². The van der Waals surface area contributed by atoms with E-state index in [1.807, 2.05) is 0 Å². The van der Waals surface area contributed by atoms with Crippen LogP contribution in [0.3, 0.4) is 0 Å². The van der Waals surface area contributed by atoms with Crippen LogP contribution in [0.4, 0.5) is 10.1 Å². The Bertz CT molecular complexity index is 553. The fourth-order valence-electron chi connectivity index (χ4n) is 2.92. The third-order valence-corrected chi connectivity index (χ3v) is 4.24. The molecule has 0 aliphatic heterocycles. The fourth-order valence-corrected chi connectivity index (χ4v) is 2.92. The molecule has 4 nitrogen and oxygen atoms in total. The summed E-state index contributed by atoms with van der Waals surface area (Å²) in [7, 11) is 0. The SMILES string of the molecule is Cc1ccc(NC(=O)COC(=O)CCC2CCCCC2)c(F)c1. The van der Waals surface area contributed by atoms with E-state index < -0.39 is 11.7 Å². The summed E-state index contributed by atoms with van der Waals surface area (Å²) in [5.41, 5.74) is 0.869. The maximum absolute atomic E-state index is 13.6. The third kappa shape index (κ3) is 6.00. The van der Waals surface area contributed by atoms with Crippen molar-refractivity contribution in [1.82, 2.24) is 0 Å². The number of rotatable bonds is 6. The molecule has 0 aromatic heterocycles. The molecule has 1 N–H and O–H groups in total. The van der Waals surface area contributed by atoms with E-state index in [9.17, 15) is 14.0 Å². The van der Waals surface area contributed by atoms with Gasteiger partial charge in [0.05, 0.1) is 5.69 Å². The summed E-state index contributed by atoms with van der Waals surface area (Å²) in [5.74, 6) is -0.789. The molecule has 0 radical (unpaired) electrons. The van der Waals surface area contributed by atoms with Gasteiger partial charge in [0.15, 0.2) is 6.61 Å². The third-order valence-electron chi connectivity index (χ3n) is 4.24. The molecule has 1 aromatic carbocycles. The summed E-state index contributed by atoms with van der Waals surface area (Å²) < 4.78 is 18.6. The highest BCUT2D eigenvalue weighted by molar-refractivity contribution is 5.92. The van der Waals surface area contributed by atoms with E-state index in [0.717, 1.165) is 12.0 Å². The molecule has 1 saturated carbocycles. The summed E-state index contributed by atoms with van der Waals surface area (Å²) in [6.07, 6.45) is 7.30. The van der Waals surface area contributed by atoms with E-state index in [2.05, 4.69) is 5.32 Å². The summed E-state index contributed by atoms with van der Waals surface area (Å²) in [5, 5.41) is 2.41. The van der Waals surface area contributed by atoms with Gasteiger partial charge in [-0.25, -0.2) is 4.39 Å². The van der Waals surface area contributed by atoms with Gasteiger partial charge in [0.1, 0.15) is 5.82 Å². The topological polar surface area (TPSA) is 55.4 Å². The number of carbonyl (C=O) groups is 2. The van der Waals surface area contributed by atoms with Crippen LogP contribution in [0, 0.1) is 18.7 Å². The van der Waals surface area contributed by atoms with Crippen molar-refractivity contribution in [1.29, 1.82) is 0 Å². The number of anilines is 1. The number of carbonyl (C=O) groups excluding carboxylic acids is 2. The Morgan fingerprint density at radius 2 is 2.00 bits per heavy atom. The molecule has 0 atom stereocenters. The summed E-state index contributed by atoms with van der Waals surface area (Å²) in [6.45, 7) is 1.39. The maximum atomic E-state index is 13.6. The van der Waals surface area contributed by atoms with Crippen molar-refractivity contribution in [3.05, 3.63) is 29.6 Å². The zero-order valence-electron chi connectivity index (χ0n) is 13.6. The van der Waals surface area contributed by atoms with Gasteiger partial charge in [-0.2, -0.15) is 0 Å². The smallest absolute Gasteiger partial charge is 0.306 e. The zero-order chi connectivity index (χ0) is 16.7. The first-order valence-corrected chi connectivity index (χ1v) is 8.26. The molecule has 1 aliphatic carbocycles. The minimum absolute atomic E-state index is 0.0962. The Morgan fingerprint density at radius 3 is 2.70 bits per heavy atom. The molecule has 0 spiro atoms. The molecule has 126 valence electrons. The Kier molecular flexibility index (Phi) is 6.56. The van der Waals surface area contributed by atoms with Gasteiger partial charge in [0.2, 0.25) is 0 Å². The monoisotopic (exact) mass is 321 g/mol. The molecule has 1 amide bonds. The molecule has 1 aromatic rings. The highest BCUT2D eigenvalue weighted by atomic mass is 19.1. The number of benzene rings is 1. The first-order chi connectivity index (χ1) is 11.0. The first kappa shape index (κ1) is 17.4. The van der Waals surface area contributed by atoms with Crippen LogP contribution in [-0.4, -0.2) is 18.5 Å². The number of nitrogens with one attached hydrogen (secondary N) is 1. The van der Waals surface area contributed by atoms with Gasteiger partial charge in [-0.15, -0.1) is 0 Å². The second kappa shape index (κ2) is 8.65. The molecule has 5 heteroatoms. The van der Waals surface area contributed by atoms with Crippen LogP contribution in [-0.2, 0) is 14.3 Å². The number of aryl methyl sites for hydroxylation is 1. The van der Waals surface area contributed by atoms with E-state index in [1.165, 1.54) is 44.2 Å². The average molecular weight is 321 g/mol. The molecule has 0 unspecified atom stereocenters. The largest absolute Gasteiger partial charge is 0.456 e. The van der Waals surface area contributed by atoms with Crippen LogP contribution >= 0.6 is 0 Å². The molecule has 0 bridgehead atoms.